The van der Waals surface area contributed by atoms with Crippen molar-refractivity contribution in [2.24, 2.45) is 10.7 Å². The van der Waals surface area contributed by atoms with Crippen LogP contribution >= 0.6 is 0 Å². The van der Waals surface area contributed by atoms with E-state index in [2.05, 4.69) is 15.0 Å². The summed E-state index contributed by atoms with van der Waals surface area (Å²) in [6.07, 6.45) is -4.74. The zero-order chi connectivity index (χ0) is 19.9. The van der Waals surface area contributed by atoms with Gasteiger partial charge in [0.1, 0.15) is 5.75 Å². The highest BCUT2D eigenvalue weighted by atomic mass is 19.4. The van der Waals surface area contributed by atoms with E-state index in [-0.39, 0.29) is 18.3 Å². The number of carbonyl (C=O) groups is 1. The van der Waals surface area contributed by atoms with Crippen LogP contribution in [0.3, 0.4) is 0 Å². The summed E-state index contributed by atoms with van der Waals surface area (Å²) in [5, 5.41) is 2.77. The lowest BCUT2D eigenvalue weighted by atomic mass is 10.1. The Kier molecular flexibility index (Phi) is 6.64. The summed E-state index contributed by atoms with van der Waals surface area (Å²) in [5.74, 6) is -0.633. The fourth-order valence-corrected chi connectivity index (χ4v) is 2.06. The van der Waals surface area contributed by atoms with Gasteiger partial charge in [-0.25, -0.2) is 9.79 Å². The number of anilines is 1. The number of ether oxygens (including phenoxy) is 2. The standard InChI is InChI=1S/C18H18F3N3O3/c1-2-26-16(25)13-5-3-12(4-6-13)11-23-17(22)24-14-7-9-15(10-8-14)27-18(19,20)21/h3-10H,2,11H2,1H3,(H3,22,23,24). The number of nitrogens with zero attached hydrogens (tertiary/aromatic N) is 1. The second kappa shape index (κ2) is 8.93. The van der Waals surface area contributed by atoms with Gasteiger partial charge in [-0.1, -0.05) is 12.1 Å². The SMILES string of the molecule is CCOC(=O)c1ccc(CN=C(N)Nc2ccc(OC(F)(F)F)cc2)cc1. The molecule has 144 valence electrons. The molecule has 0 amide bonds. The molecule has 27 heavy (non-hydrogen) atoms. The van der Waals surface area contributed by atoms with Gasteiger partial charge in [0.25, 0.3) is 0 Å². The molecule has 0 aliphatic heterocycles. The number of guanidine groups is 1. The zero-order valence-electron chi connectivity index (χ0n) is 14.4. The van der Waals surface area contributed by atoms with E-state index in [1.807, 2.05) is 0 Å². The second-order valence-corrected chi connectivity index (χ2v) is 5.32. The number of nitrogens with two attached hydrogens (primary N) is 1. The van der Waals surface area contributed by atoms with E-state index in [9.17, 15) is 18.0 Å². The Labute approximate surface area is 153 Å². The number of rotatable bonds is 6. The summed E-state index contributed by atoms with van der Waals surface area (Å²) in [5.41, 5.74) is 7.49. The maximum atomic E-state index is 12.1. The summed E-state index contributed by atoms with van der Waals surface area (Å²) in [7, 11) is 0. The van der Waals surface area contributed by atoms with Crippen molar-refractivity contribution in [1.29, 1.82) is 0 Å². The number of alkyl halides is 3. The molecule has 0 saturated carbocycles. The fourth-order valence-electron chi connectivity index (χ4n) is 2.06. The summed E-state index contributed by atoms with van der Waals surface area (Å²) in [6, 6.07) is 11.8. The summed E-state index contributed by atoms with van der Waals surface area (Å²) in [6.45, 7) is 2.29. The highest BCUT2D eigenvalue weighted by Gasteiger charge is 2.30. The van der Waals surface area contributed by atoms with Crippen molar-refractivity contribution in [2.75, 3.05) is 11.9 Å². The monoisotopic (exact) mass is 381 g/mol. The molecule has 2 rings (SSSR count). The maximum Gasteiger partial charge on any atom is 0.573 e. The van der Waals surface area contributed by atoms with Crippen LogP contribution in [0.25, 0.3) is 0 Å². The Bertz CT molecular complexity index is 788. The Hall–Kier alpha value is -3.23. The zero-order valence-corrected chi connectivity index (χ0v) is 14.4. The molecule has 0 atom stereocenters. The van der Waals surface area contributed by atoms with Gasteiger partial charge in [0.05, 0.1) is 18.7 Å². The number of halogens is 3. The molecule has 0 heterocycles. The Balaban J connectivity index is 1.91. The number of hydrogen-bond donors (Lipinski definition) is 2. The van der Waals surface area contributed by atoms with Crippen molar-refractivity contribution in [3.8, 4) is 5.75 Å². The van der Waals surface area contributed by atoms with Gasteiger partial charge < -0.3 is 20.5 Å². The van der Waals surface area contributed by atoms with Crippen LogP contribution in [0.5, 0.6) is 5.75 Å². The highest BCUT2D eigenvalue weighted by Crippen LogP contribution is 2.23. The minimum Gasteiger partial charge on any atom is -0.462 e. The lowest BCUT2D eigenvalue weighted by Crippen LogP contribution is -2.22. The third-order valence-electron chi connectivity index (χ3n) is 3.26. The summed E-state index contributed by atoms with van der Waals surface area (Å²) >= 11 is 0. The molecule has 0 unspecified atom stereocenters. The first-order valence-electron chi connectivity index (χ1n) is 7.95. The Morgan fingerprint density at radius 1 is 1.11 bits per heavy atom. The van der Waals surface area contributed by atoms with Crippen molar-refractivity contribution in [3.63, 3.8) is 0 Å². The quantitative estimate of drug-likeness (QED) is 0.453. The number of benzene rings is 2. The van der Waals surface area contributed by atoms with E-state index >= 15 is 0 Å². The maximum absolute atomic E-state index is 12.1. The third kappa shape index (κ3) is 6.89. The Morgan fingerprint density at radius 2 is 1.74 bits per heavy atom. The van der Waals surface area contributed by atoms with Crippen LogP contribution in [0, 0.1) is 0 Å². The average molecular weight is 381 g/mol. The van der Waals surface area contributed by atoms with Crippen LogP contribution in [0.15, 0.2) is 53.5 Å². The predicted molar refractivity (Wildman–Crippen MR) is 94.5 cm³/mol. The molecule has 0 aliphatic rings. The van der Waals surface area contributed by atoms with Gasteiger partial charge >= 0.3 is 12.3 Å². The first kappa shape index (κ1) is 20.1. The first-order chi connectivity index (χ1) is 12.8. The van der Waals surface area contributed by atoms with Gasteiger partial charge in [-0.2, -0.15) is 0 Å². The average Bonchev–Trinajstić information content (AvgIpc) is 2.61. The van der Waals surface area contributed by atoms with Gasteiger partial charge in [0.2, 0.25) is 0 Å². The van der Waals surface area contributed by atoms with Crippen LogP contribution in [-0.2, 0) is 11.3 Å². The van der Waals surface area contributed by atoms with Crippen LogP contribution in [-0.4, -0.2) is 24.9 Å². The topological polar surface area (TPSA) is 85.9 Å². The molecule has 0 aromatic heterocycles. The molecule has 2 aromatic carbocycles. The fraction of sp³-hybridized carbons (Fsp3) is 0.222. The van der Waals surface area contributed by atoms with Gasteiger partial charge in [-0.15, -0.1) is 13.2 Å². The van der Waals surface area contributed by atoms with Crippen molar-refractivity contribution in [2.45, 2.75) is 19.8 Å². The molecule has 0 saturated heterocycles. The number of esters is 1. The van der Waals surface area contributed by atoms with E-state index in [0.717, 1.165) is 17.7 Å². The second-order valence-electron chi connectivity index (χ2n) is 5.32. The largest absolute Gasteiger partial charge is 0.573 e. The molecule has 0 bridgehead atoms. The molecule has 0 spiro atoms. The van der Waals surface area contributed by atoms with Crippen molar-refractivity contribution in [3.05, 3.63) is 59.7 Å². The normalized spacial score (nSPS) is 11.8. The number of aliphatic imine (C=N–C) groups is 1. The van der Waals surface area contributed by atoms with Crippen LogP contribution in [0.4, 0.5) is 18.9 Å². The van der Waals surface area contributed by atoms with Crippen molar-refractivity contribution >= 4 is 17.6 Å². The van der Waals surface area contributed by atoms with Crippen molar-refractivity contribution in [1.82, 2.24) is 0 Å². The molecule has 3 N–H and O–H groups in total. The van der Waals surface area contributed by atoms with Crippen LogP contribution in [0.1, 0.15) is 22.8 Å². The van der Waals surface area contributed by atoms with Gasteiger partial charge in [-0.3, -0.25) is 0 Å². The molecule has 0 aliphatic carbocycles. The van der Waals surface area contributed by atoms with E-state index in [4.69, 9.17) is 10.5 Å². The lowest BCUT2D eigenvalue weighted by molar-refractivity contribution is -0.274. The molecular weight excluding hydrogens is 363 g/mol. The summed E-state index contributed by atoms with van der Waals surface area (Å²) in [4.78, 5) is 15.7. The highest BCUT2D eigenvalue weighted by molar-refractivity contribution is 5.92. The molecule has 0 radical (unpaired) electrons. The Morgan fingerprint density at radius 3 is 2.30 bits per heavy atom. The lowest BCUT2D eigenvalue weighted by Gasteiger charge is -2.10. The van der Waals surface area contributed by atoms with E-state index in [0.29, 0.717) is 17.9 Å². The van der Waals surface area contributed by atoms with Gasteiger partial charge in [0, 0.05) is 5.69 Å². The predicted octanol–water partition coefficient (Wildman–Crippen LogP) is 3.69. The minimum atomic E-state index is -4.74. The molecule has 2 aromatic rings. The molecule has 6 nitrogen and oxygen atoms in total. The minimum absolute atomic E-state index is 0.0916. The van der Waals surface area contributed by atoms with E-state index in [1.165, 1.54) is 12.1 Å². The van der Waals surface area contributed by atoms with E-state index in [1.54, 1.807) is 31.2 Å². The van der Waals surface area contributed by atoms with Crippen LogP contribution in [0.2, 0.25) is 0 Å². The van der Waals surface area contributed by atoms with Gasteiger partial charge in [-0.05, 0) is 48.9 Å². The van der Waals surface area contributed by atoms with Crippen molar-refractivity contribution < 1.29 is 27.4 Å². The molecule has 9 heteroatoms. The number of hydrogen-bond acceptors (Lipinski definition) is 4. The molecular formula is C18H18F3N3O3. The summed E-state index contributed by atoms with van der Waals surface area (Å²) < 4.78 is 45.0. The number of nitrogens with one attached hydrogen (secondary N) is 1. The molecule has 0 fully saturated rings. The smallest absolute Gasteiger partial charge is 0.462 e. The van der Waals surface area contributed by atoms with E-state index < -0.39 is 12.3 Å². The first-order valence-corrected chi connectivity index (χ1v) is 7.95. The third-order valence-corrected chi connectivity index (χ3v) is 3.26. The number of carbonyl (C=O) groups excluding carboxylic acids is 1. The van der Waals surface area contributed by atoms with Gasteiger partial charge in [0.15, 0.2) is 5.96 Å². The van der Waals surface area contributed by atoms with Crippen LogP contribution < -0.4 is 15.8 Å².